The first-order valence-corrected chi connectivity index (χ1v) is 8.82. The summed E-state index contributed by atoms with van der Waals surface area (Å²) in [5, 5.41) is 3.66. The van der Waals surface area contributed by atoms with Gasteiger partial charge in [-0.2, -0.15) is 0 Å². The molecular weight excluding hydrogens is 312 g/mol. The summed E-state index contributed by atoms with van der Waals surface area (Å²) < 4.78 is 1.20. The summed E-state index contributed by atoms with van der Waals surface area (Å²) in [6.07, 6.45) is 6.75. The van der Waals surface area contributed by atoms with Gasteiger partial charge in [0, 0.05) is 35.8 Å². The van der Waals surface area contributed by atoms with Crippen LogP contribution in [0, 0.1) is 5.92 Å². The molecule has 3 rings (SSSR count). The number of nitrogens with one attached hydrogen (secondary N) is 1. The van der Waals surface area contributed by atoms with Crippen LogP contribution < -0.4 is 10.2 Å². The number of piperidine rings is 1. The average molecular weight is 337 g/mol. The lowest BCUT2D eigenvalue weighted by atomic mass is 9.94. The predicted octanol–water partition coefficient (Wildman–Crippen LogP) is 4.33. The molecule has 0 amide bonds. The summed E-state index contributed by atoms with van der Waals surface area (Å²) in [6, 6.07) is 7.54. The lowest BCUT2D eigenvalue weighted by Crippen LogP contribution is -2.36. The maximum Gasteiger partial charge on any atom is 0.0423 e. The van der Waals surface area contributed by atoms with Gasteiger partial charge >= 0.3 is 0 Å². The Morgan fingerprint density at radius 1 is 1.30 bits per heavy atom. The number of hydrogen-bond acceptors (Lipinski definition) is 2. The monoisotopic (exact) mass is 336 g/mol. The van der Waals surface area contributed by atoms with Crippen molar-refractivity contribution in [3.05, 3.63) is 28.2 Å². The average Bonchev–Trinajstić information content (AvgIpc) is 3.30. The molecule has 1 aliphatic carbocycles. The quantitative estimate of drug-likeness (QED) is 0.860. The zero-order valence-electron chi connectivity index (χ0n) is 12.4. The van der Waals surface area contributed by atoms with Crippen LogP contribution >= 0.6 is 15.9 Å². The lowest BCUT2D eigenvalue weighted by Gasteiger charge is -2.35. The molecule has 1 saturated carbocycles. The highest BCUT2D eigenvalue weighted by Crippen LogP contribution is 2.31. The van der Waals surface area contributed by atoms with Crippen molar-refractivity contribution in [2.45, 2.75) is 51.6 Å². The molecule has 0 spiro atoms. The highest BCUT2D eigenvalue weighted by atomic mass is 79.9. The fourth-order valence-corrected chi connectivity index (χ4v) is 3.49. The minimum Gasteiger partial charge on any atom is -0.371 e. The summed E-state index contributed by atoms with van der Waals surface area (Å²) >= 11 is 3.64. The van der Waals surface area contributed by atoms with Gasteiger partial charge in [0.2, 0.25) is 0 Å². The molecule has 1 atom stereocenters. The van der Waals surface area contributed by atoms with E-state index in [0.29, 0.717) is 0 Å². The van der Waals surface area contributed by atoms with Crippen molar-refractivity contribution in [3.63, 3.8) is 0 Å². The topological polar surface area (TPSA) is 15.3 Å². The first kappa shape index (κ1) is 14.4. The van der Waals surface area contributed by atoms with Gasteiger partial charge in [0.05, 0.1) is 0 Å². The number of rotatable bonds is 5. The molecule has 0 aromatic heterocycles. The maximum atomic E-state index is 3.66. The Hall–Kier alpha value is -0.540. The van der Waals surface area contributed by atoms with Crippen LogP contribution in [-0.2, 0) is 6.54 Å². The normalized spacial score (nSPS) is 23.1. The maximum absolute atomic E-state index is 3.66. The Kier molecular flexibility index (Phi) is 4.67. The molecular formula is C17H25BrN2. The number of anilines is 1. The van der Waals surface area contributed by atoms with Crippen LogP contribution in [0.2, 0.25) is 0 Å². The zero-order chi connectivity index (χ0) is 13.9. The molecule has 20 heavy (non-hydrogen) atoms. The van der Waals surface area contributed by atoms with Crippen molar-refractivity contribution in [3.8, 4) is 0 Å². The molecule has 2 aliphatic rings. The molecule has 0 bridgehead atoms. The van der Waals surface area contributed by atoms with Gasteiger partial charge < -0.3 is 10.2 Å². The fourth-order valence-electron chi connectivity index (χ4n) is 3.14. The second-order valence-corrected chi connectivity index (χ2v) is 7.21. The Labute approximate surface area is 131 Å². The van der Waals surface area contributed by atoms with Crippen LogP contribution in [0.25, 0.3) is 0 Å². The lowest BCUT2D eigenvalue weighted by molar-refractivity contribution is 0.404. The third-order valence-electron chi connectivity index (χ3n) is 4.64. The van der Waals surface area contributed by atoms with E-state index >= 15 is 0 Å². The van der Waals surface area contributed by atoms with Gasteiger partial charge in [-0.15, -0.1) is 0 Å². The van der Waals surface area contributed by atoms with E-state index in [2.05, 4.69) is 51.3 Å². The number of benzene rings is 1. The summed E-state index contributed by atoms with van der Waals surface area (Å²) in [6.45, 7) is 5.78. The largest absolute Gasteiger partial charge is 0.371 e. The second-order valence-electron chi connectivity index (χ2n) is 6.29. The molecule has 1 saturated heterocycles. The number of halogens is 1. The van der Waals surface area contributed by atoms with Crippen LogP contribution in [0.5, 0.6) is 0 Å². The Morgan fingerprint density at radius 2 is 2.15 bits per heavy atom. The molecule has 1 unspecified atom stereocenters. The van der Waals surface area contributed by atoms with Gasteiger partial charge in [0.15, 0.2) is 0 Å². The first-order valence-electron chi connectivity index (χ1n) is 8.03. The van der Waals surface area contributed by atoms with E-state index in [1.165, 1.54) is 60.9 Å². The molecule has 0 radical (unpaired) electrons. The van der Waals surface area contributed by atoms with Crippen LogP contribution in [0.3, 0.4) is 0 Å². The van der Waals surface area contributed by atoms with Crippen molar-refractivity contribution in [2.24, 2.45) is 5.92 Å². The molecule has 3 heteroatoms. The van der Waals surface area contributed by atoms with E-state index in [4.69, 9.17) is 0 Å². The second kappa shape index (κ2) is 6.48. The summed E-state index contributed by atoms with van der Waals surface area (Å²) in [5.74, 6) is 0.868. The SMILES string of the molecule is CCC1CCCN(c2cc(Br)ccc2CNC2CC2)C1. The van der Waals surface area contributed by atoms with E-state index in [1.807, 2.05) is 0 Å². The molecule has 1 N–H and O–H groups in total. The Balaban J connectivity index is 1.76. The summed E-state index contributed by atoms with van der Waals surface area (Å²) in [5.41, 5.74) is 2.89. The van der Waals surface area contributed by atoms with Gasteiger partial charge in [-0.05, 0) is 49.3 Å². The van der Waals surface area contributed by atoms with Crippen LogP contribution in [0.1, 0.15) is 44.6 Å². The Morgan fingerprint density at radius 3 is 2.90 bits per heavy atom. The van der Waals surface area contributed by atoms with E-state index < -0.39 is 0 Å². The number of hydrogen-bond donors (Lipinski definition) is 1. The van der Waals surface area contributed by atoms with E-state index in [-0.39, 0.29) is 0 Å². The number of nitrogens with zero attached hydrogens (tertiary/aromatic N) is 1. The van der Waals surface area contributed by atoms with Crippen molar-refractivity contribution in [2.75, 3.05) is 18.0 Å². The highest BCUT2D eigenvalue weighted by molar-refractivity contribution is 9.10. The van der Waals surface area contributed by atoms with Gasteiger partial charge in [0.1, 0.15) is 0 Å². The van der Waals surface area contributed by atoms with Gasteiger partial charge in [-0.1, -0.05) is 35.3 Å². The fraction of sp³-hybridized carbons (Fsp3) is 0.647. The van der Waals surface area contributed by atoms with Crippen LogP contribution in [-0.4, -0.2) is 19.1 Å². The van der Waals surface area contributed by atoms with Crippen LogP contribution in [0.15, 0.2) is 22.7 Å². The Bertz CT molecular complexity index is 456. The standard InChI is InChI=1S/C17H25BrN2/c1-2-13-4-3-9-20(12-13)17-10-15(18)6-5-14(17)11-19-16-7-8-16/h5-6,10,13,16,19H,2-4,7-9,11-12H2,1H3. The van der Waals surface area contributed by atoms with E-state index in [9.17, 15) is 0 Å². The third kappa shape index (κ3) is 3.56. The molecule has 2 nitrogen and oxygen atoms in total. The van der Waals surface area contributed by atoms with Gasteiger partial charge in [-0.25, -0.2) is 0 Å². The van der Waals surface area contributed by atoms with E-state index in [1.54, 1.807) is 0 Å². The molecule has 1 aromatic rings. The molecule has 2 fully saturated rings. The molecule has 110 valence electrons. The van der Waals surface area contributed by atoms with Crippen molar-refractivity contribution in [1.29, 1.82) is 0 Å². The first-order chi connectivity index (χ1) is 9.76. The summed E-state index contributed by atoms with van der Waals surface area (Å²) in [7, 11) is 0. The smallest absolute Gasteiger partial charge is 0.0423 e. The third-order valence-corrected chi connectivity index (χ3v) is 5.14. The van der Waals surface area contributed by atoms with Crippen LogP contribution in [0.4, 0.5) is 5.69 Å². The van der Waals surface area contributed by atoms with Gasteiger partial charge in [-0.3, -0.25) is 0 Å². The summed E-state index contributed by atoms with van der Waals surface area (Å²) in [4.78, 5) is 2.60. The minimum absolute atomic E-state index is 0.774. The zero-order valence-corrected chi connectivity index (χ0v) is 14.0. The van der Waals surface area contributed by atoms with Crippen molar-refractivity contribution >= 4 is 21.6 Å². The molecule has 1 heterocycles. The molecule has 1 aromatic carbocycles. The highest BCUT2D eigenvalue weighted by Gasteiger charge is 2.23. The minimum atomic E-state index is 0.774. The van der Waals surface area contributed by atoms with Gasteiger partial charge in [0.25, 0.3) is 0 Å². The van der Waals surface area contributed by atoms with E-state index in [0.717, 1.165) is 18.5 Å². The van der Waals surface area contributed by atoms with Crippen molar-refractivity contribution in [1.82, 2.24) is 5.32 Å². The molecule has 1 aliphatic heterocycles. The van der Waals surface area contributed by atoms with Crippen molar-refractivity contribution < 1.29 is 0 Å². The predicted molar refractivity (Wildman–Crippen MR) is 89.2 cm³/mol.